The molecule has 2 N–H and O–H groups in total. The Kier molecular flexibility index (Phi) is 7.62. The molecule has 0 bridgehead atoms. The summed E-state index contributed by atoms with van der Waals surface area (Å²) in [6.07, 6.45) is 0.814. The fraction of sp³-hybridized carbons (Fsp3) is 0.375. The molecule has 39 heavy (non-hydrogen) atoms. The summed E-state index contributed by atoms with van der Waals surface area (Å²) in [6, 6.07) is 19.1. The van der Waals surface area contributed by atoms with Crippen LogP contribution < -0.4 is 25.2 Å². The van der Waals surface area contributed by atoms with Crippen LogP contribution in [0.25, 0.3) is 11.1 Å². The number of hydrogen-bond acceptors (Lipinski definition) is 5. The van der Waals surface area contributed by atoms with Crippen molar-refractivity contribution in [3.05, 3.63) is 76.9 Å². The Morgan fingerprint density at radius 3 is 2.36 bits per heavy atom. The zero-order chi connectivity index (χ0) is 27.7. The van der Waals surface area contributed by atoms with Crippen LogP contribution in [0, 0.1) is 6.92 Å². The van der Waals surface area contributed by atoms with Crippen LogP contribution >= 0.6 is 0 Å². The lowest BCUT2D eigenvalue weighted by Crippen LogP contribution is -2.54. The number of ether oxygens (including phenoxy) is 1. The molecule has 7 nitrogen and oxygen atoms in total. The summed E-state index contributed by atoms with van der Waals surface area (Å²) in [6.45, 7) is 10.9. The van der Waals surface area contributed by atoms with E-state index < -0.39 is 0 Å². The van der Waals surface area contributed by atoms with Crippen LogP contribution in [0.4, 0.5) is 11.4 Å². The summed E-state index contributed by atoms with van der Waals surface area (Å²) in [4.78, 5) is 29.2. The number of hydrogen-bond donors (Lipinski definition) is 2. The van der Waals surface area contributed by atoms with Crippen molar-refractivity contribution in [3.63, 3.8) is 0 Å². The molecule has 0 radical (unpaired) electrons. The van der Waals surface area contributed by atoms with Gasteiger partial charge in [0.25, 0.3) is 5.91 Å². The highest BCUT2D eigenvalue weighted by Gasteiger charge is 2.30. The Hall–Kier alpha value is -3.84. The zero-order valence-electron chi connectivity index (χ0n) is 23.5. The van der Waals surface area contributed by atoms with Gasteiger partial charge in [-0.25, -0.2) is 0 Å². The normalized spacial score (nSPS) is 18.6. The minimum absolute atomic E-state index is 0.0147. The molecule has 2 amide bonds. The summed E-state index contributed by atoms with van der Waals surface area (Å²) in [5, 5.41) is 6.43. The number of benzene rings is 3. The SMILES string of the molecule is COc1cc2c(cc1N1C[C@@H](C)N[C@@H](C)C1)N(C(=O)c1ccc(-c3ccc(CNC(C)=O)cc3C)cc1)CC2. The topological polar surface area (TPSA) is 73.9 Å². The molecule has 3 aromatic rings. The molecule has 0 aromatic heterocycles. The van der Waals surface area contributed by atoms with E-state index in [4.69, 9.17) is 4.74 Å². The molecule has 1 fully saturated rings. The molecule has 0 spiro atoms. The van der Waals surface area contributed by atoms with Gasteiger partial charge in [-0.2, -0.15) is 0 Å². The van der Waals surface area contributed by atoms with Gasteiger partial charge in [0.1, 0.15) is 5.75 Å². The highest BCUT2D eigenvalue weighted by Crippen LogP contribution is 2.40. The van der Waals surface area contributed by atoms with Crippen molar-refractivity contribution in [2.75, 3.05) is 36.5 Å². The van der Waals surface area contributed by atoms with Crippen molar-refractivity contribution in [2.24, 2.45) is 0 Å². The molecule has 1 saturated heterocycles. The smallest absolute Gasteiger partial charge is 0.258 e. The molecular formula is C32H38N4O3. The van der Waals surface area contributed by atoms with Crippen molar-refractivity contribution in [1.82, 2.24) is 10.6 Å². The summed E-state index contributed by atoms with van der Waals surface area (Å²) in [5.74, 6) is 0.842. The molecule has 5 rings (SSSR count). The maximum Gasteiger partial charge on any atom is 0.258 e. The Morgan fingerprint density at radius 1 is 1.00 bits per heavy atom. The fourth-order valence-electron chi connectivity index (χ4n) is 5.88. The number of nitrogens with zero attached hydrogens (tertiary/aromatic N) is 2. The highest BCUT2D eigenvalue weighted by molar-refractivity contribution is 6.08. The number of piperazine rings is 1. The number of carbonyl (C=O) groups excluding carboxylic acids is 2. The molecule has 0 unspecified atom stereocenters. The number of anilines is 2. The largest absolute Gasteiger partial charge is 0.495 e. The molecule has 2 aliphatic heterocycles. The first-order chi connectivity index (χ1) is 18.7. The van der Waals surface area contributed by atoms with E-state index in [9.17, 15) is 9.59 Å². The van der Waals surface area contributed by atoms with Crippen molar-refractivity contribution in [1.29, 1.82) is 0 Å². The monoisotopic (exact) mass is 526 g/mol. The van der Waals surface area contributed by atoms with Crippen LogP contribution in [0.5, 0.6) is 5.75 Å². The minimum atomic E-state index is -0.0408. The summed E-state index contributed by atoms with van der Waals surface area (Å²) in [7, 11) is 1.72. The van der Waals surface area contributed by atoms with Gasteiger partial charge in [-0.05, 0) is 79.3 Å². The van der Waals surface area contributed by atoms with E-state index in [1.807, 2.05) is 35.2 Å². The maximum absolute atomic E-state index is 13.7. The molecule has 3 aromatic carbocycles. The predicted molar refractivity (Wildman–Crippen MR) is 157 cm³/mol. The number of rotatable bonds is 6. The average Bonchev–Trinajstić information content (AvgIpc) is 3.33. The third kappa shape index (κ3) is 5.64. The van der Waals surface area contributed by atoms with Gasteiger partial charge >= 0.3 is 0 Å². The van der Waals surface area contributed by atoms with E-state index in [2.05, 4.69) is 60.6 Å². The van der Waals surface area contributed by atoms with Gasteiger partial charge in [0.2, 0.25) is 5.91 Å². The van der Waals surface area contributed by atoms with Gasteiger partial charge in [-0.15, -0.1) is 0 Å². The maximum atomic E-state index is 13.7. The first-order valence-electron chi connectivity index (χ1n) is 13.7. The number of methoxy groups -OCH3 is 1. The Balaban J connectivity index is 1.37. The molecular weight excluding hydrogens is 488 g/mol. The Morgan fingerprint density at radius 2 is 1.72 bits per heavy atom. The predicted octanol–water partition coefficient (Wildman–Crippen LogP) is 4.70. The molecule has 2 heterocycles. The molecule has 2 aliphatic rings. The van der Waals surface area contributed by atoms with E-state index in [-0.39, 0.29) is 11.8 Å². The standard InChI is InChI=1S/C32H38N4O3/c1-20-14-24(17-33-23(4)37)6-11-28(20)25-7-9-26(10-8-25)32(38)36-13-12-27-15-31(39-5)30(16-29(27)36)35-18-21(2)34-22(3)19-35/h6-11,14-16,21-22,34H,12-13,17-19H2,1-5H3,(H,33,37)/t21-,22+. The quantitative estimate of drug-likeness (QED) is 0.487. The third-order valence-electron chi connectivity index (χ3n) is 7.69. The van der Waals surface area contributed by atoms with Crippen molar-refractivity contribution < 1.29 is 14.3 Å². The third-order valence-corrected chi connectivity index (χ3v) is 7.69. The summed E-state index contributed by atoms with van der Waals surface area (Å²) in [5.41, 5.74) is 8.21. The van der Waals surface area contributed by atoms with Gasteiger partial charge in [0.05, 0.1) is 12.8 Å². The van der Waals surface area contributed by atoms with Crippen LogP contribution in [-0.2, 0) is 17.8 Å². The lowest BCUT2D eigenvalue weighted by atomic mass is 9.97. The van der Waals surface area contributed by atoms with E-state index in [0.29, 0.717) is 30.7 Å². The number of nitrogens with one attached hydrogen (secondary N) is 2. The number of aryl methyl sites for hydroxylation is 1. The molecule has 2 atom stereocenters. The Labute approximate surface area is 231 Å². The van der Waals surface area contributed by atoms with E-state index in [0.717, 1.165) is 64.5 Å². The summed E-state index contributed by atoms with van der Waals surface area (Å²) < 4.78 is 5.79. The minimum Gasteiger partial charge on any atom is -0.495 e. The van der Waals surface area contributed by atoms with Crippen molar-refractivity contribution in [3.8, 4) is 16.9 Å². The van der Waals surface area contributed by atoms with Crippen LogP contribution in [0.3, 0.4) is 0 Å². The van der Waals surface area contributed by atoms with Gasteiger partial charge < -0.3 is 25.2 Å². The first-order valence-corrected chi connectivity index (χ1v) is 13.7. The number of carbonyl (C=O) groups is 2. The van der Waals surface area contributed by atoms with E-state index in [1.165, 1.54) is 6.92 Å². The lowest BCUT2D eigenvalue weighted by Gasteiger charge is -2.38. The average molecular weight is 527 g/mol. The van der Waals surface area contributed by atoms with Gasteiger partial charge in [-0.3, -0.25) is 9.59 Å². The van der Waals surface area contributed by atoms with Crippen molar-refractivity contribution >= 4 is 23.2 Å². The number of amides is 2. The zero-order valence-corrected chi connectivity index (χ0v) is 23.5. The number of fused-ring (bicyclic) bond motifs is 1. The molecule has 7 heteroatoms. The second-order valence-corrected chi connectivity index (χ2v) is 10.9. The molecule has 0 saturated carbocycles. The van der Waals surface area contributed by atoms with Gasteiger partial charge in [0, 0.05) is 56.4 Å². The van der Waals surface area contributed by atoms with E-state index >= 15 is 0 Å². The van der Waals surface area contributed by atoms with Crippen LogP contribution in [0.1, 0.15) is 47.8 Å². The molecule has 0 aliphatic carbocycles. The fourth-order valence-corrected chi connectivity index (χ4v) is 5.88. The van der Waals surface area contributed by atoms with E-state index in [1.54, 1.807) is 7.11 Å². The van der Waals surface area contributed by atoms with Gasteiger partial charge in [-0.1, -0.05) is 30.3 Å². The Bertz CT molecular complexity index is 1370. The molecule has 204 valence electrons. The highest BCUT2D eigenvalue weighted by atomic mass is 16.5. The summed E-state index contributed by atoms with van der Waals surface area (Å²) >= 11 is 0. The second-order valence-electron chi connectivity index (χ2n) is 10.9. The lowest BCUT2D eigenvalue weighted by molar-refractivity contribution is -0.119. The van der Waals surface area contributed by atoms with Crippen LogP contribution in [0.2, 0.25) is 0 Å². The van der Waals surface area contributed by atoms with Crippen LogP contribution in [0.15, 0.2) is 54.6 Å². The van der Waals surface area contributed by atoms with Crippen molar-refractivity contribution in [2.45, 2.75) is 52.7 Å². The van der Waals surface area contributed by atoms with Gasteiger partial charge in [0.15, 0.2) is 0 Å². The first kappa shape index (κ1) is 26.8. The second kappa shape index (κ2) is 11.1. The van der Waals surface area contributed by atoms with Crippen LogP contribution in [-0.4, -0.2) is 50.6 Å².